The molecule has 1 aliphatic heterocycles. The van der Waals surface area contributed by atoms with Crippen molar-refractivity contribution in [3.05, 3.63) is 52.3 Å². The summed E-state index contributed by atoms with van der Waals surface area (Å²) in [6.07, 6.45) is -1.03. The third-order valence-electron chi connectivity index (χ3n) is 4.00. The van der Waals surface area contributed by atoms with E-state index in [0.29, 0.717) is 44.0 Å². The molecule has 2 aromatic rings. The molecule has 9 heteroatoms. The zero-order valence-electron chi connectivity index (χ0n) is 13.3. The number of pyridine rings is 1. The molecule has 134 valence electrons. The number of H-pyrrole nitrogens is 1. The highest BCUT2D eigenvalue weighted by atomic mass is 19.4. The van der Waals surface area contributed by atoms with Crippen molar-refractivity contribution < 1.29 is 17.9 Å². The maximum atomic E-state index is 12.6. The molecular weight excluding hydrogens is 337 g/mol. The average molecular weight is 354 g/mol. The van der Waals surface area contributed by atoms with Gasteiger partial charge in [0.25, 0.3) is 5.56 Å². The fourth-order valence-electron chi connectivity index (χ4n) is 2.70. The highest BCUT2D eigenvalue weighted by Gasteiger charge is 2.31. The van der Waals surface area contributed by atoms with Crippen LogP contribution in [0.1, 0.15) is 17.7 Å². The van der Waals surface area contributed by atoms with E-state index in [4.69, 9.17) is 4.74 Å². The summed E-state index contributed by atoms with van der Waals surface area (Å²) >= 11 is 0. The molecule has 6 nitrogen and oxygen atoms in total. The van der Waals surface area contributed by atoms with Crippen molar-refractivity contribution in [3.63, 3.8) is 0 Å². The lowest BCUT2D eigenvalue weighted by molar-refractivity contribution is -0.137. The number of aromatic amines is 1. The van der Waals surface area contributed by atoms with Crippen LogP contribution in [-0.2, 0) is 17.3 Å². The van der Waals surface area contributed by atoms with Gasteiger partial charge in [-0.1, -0.05) is 0 Å². The summed E-state index contributed by atoms with van der Waals surface area (Å²) in [4.78, 5) is 23.6. The number of hydrogen-bond acceptors (Lipinski definition) is 5. The summed E-state index contributed by atoms with van der Waals surface area (Å²) in [7, 11) is 0. The fraction of sp³-hybridized carbons (Fsp3) is 0.438. The minimum absolute atomic E-state index is 0.0982. The van der Waals surface area contributed by atoms with Crippen molar-refractivity contribution in [2.45, 2.75) is 25.1 Å². The maximum absolute atomic E-state index is 12.6. The molecule has 1 unspecified atom stereocenters. The van der Waals surface area contributed by atoms with E-state index in [1.807, 2.05) is 4.90 Å². The molecular formula is C16H17F3N4O2. The van der Waals surface area contributed by atoms with Gasteiger partial charge in [-0.05, 0) is 25.0 Å². The van der Waals surface area contributed by atoms with Crippen LogP contribution in [-0.4, -0.2) is 40.8 Å². The van der Waals surface area contributed by atoms with E-state index in [0.717, 1.165) is 12.3 Å². The Balaban J connectivity index is 1.60. The Morgan fingerprint density at radius 1 is 1.32 bits per heavy atom. The lowest BCUT2D eigenvalue weighted by Crippen LogP contribution is -2.43. The number of aryl methyl sites for hydroxylation is 1. The Morgan fingerprint density at radius 3 is 2.84 bits per heavy atom. The first-order chi connectivity index (χ1) is 11.9. The molecule has 1 fully saturated rings. The van der Waals surface area contributed by atoms with Crippen molar-refractivity contribution in [1.29, 1.82) is 0 Å². The molecule has 0 saturated carbocycles. The van der Waals surface area contributed by atoms with Gasteiger partial charge in [-0.2, -0.15) is 13.2 Å². The molecule has 1 aliphatic rings. The van der Waals surface area contributed by atoms with Gasteiger partial charge in [0.15, 0.2) is 0 Å². The second-order valence-electron chi connectivity index (χ2n) is 5.78. The van der Waals surface area contributed by atoms with Crippen LogP contribution < -0.4 is 10.5 Å². The molecule has 1 saturated heterocycles. The minimum Gasteiger partial charge on any atom is -0.375 e. The van der Waals surface area contributed by atoms with Crippen LogP contribution in [0.3, 0.4) is 0 Å². The highest BCUT2D eigenvalue weighted by Crippen LogP contribution is 2.29. The van der Waals surface area contributed by atoms with E-state index < -0.39 is 11.7 Å². The maximum Gasteiger partial charge on any atom is 0.417 e. The summed E-state index contributed by atoms with van der Waals surface area (Å²) in [6.45, 7) is 1.57. The van der Waals surface area contributed by atoms with Gasteiger partial charge < -0.3 is 14.6 Å². The topological polar surface area (TPSA) is 71.1 Å². The summed E-state index contributed by atoms with van der Waals surface area (Å²) in [5.74, 6) is 0.496. The van der Waals surface area contributed by atoms with E-state index in [1.54, 1.807) is 0 Å². The van der Waals surface area contributed by atoms with Gasteiger partial charge in [0, 0.05) is 31.0 Å². The Hall–Kier alpha value is -2.42. The van der Waals surface area contributed by atoms with Crippen LogP contribution in [0.15, 0.2) is 35.5 Å². The molecule has 1 atom stereocenters. The van der Waals surface area contributed by atoms with Crippen LogP contribution in [0, 0.1) is 0 Å². The molecule has 25 heavy (non-hydrogen) atoms. The number of alkyl halides is 3. The predicted octanol–water partition coefficient (Wildman–Crippen LogP) is 2.02. The summed E-state index contributed by atoms with van der Waals surface area (Å²) in [5, 5.41) is 0. The van der Waals surface area contributed by atoms with Crippen molar-refractivity contribution in [1.82, 2.24) is 15.0 Å². The lowest BCUT2D eigenvalue weighted by atomic mass is 10.1. The molecule has 0 bridgehead atoms. The first-order valence-electron chi connectivity index (χ1n) is 7.85. The van der Waals surface area contributed by atoms with Crippen LogP contribution in [0.5, 0.6) is 0 Å². The van der Waals surface area contributed by atoms with Crippen LogP contribution in [0.2, 0.25) is 0 Å². The number of nitrogens with zero attached hydrogens (tertiary/aromatic N) is 3. The van der Waals surface area contributed by atoms with E-state index in [9.17, 15) is 18.0 Å². The van der Waals surface area contributed by atoms with Crippen molar-refractivity contribution in [2.75, 3.05) is 24.6 Å². The standard InChI is InChI=1S/C16H17F3N4O2/c17-16(18,19)11-1-4-14(20-8-11)23-5-6-25-13(9-23)3-2-12-7-15(24)22-10-21-12/h1,4,7-8,10,13H,2-3,5-6,9H2,(H,21,22,24). The largest absolute Gasteiger partial charge is 0.417 e. The number of ether oxygens (including phenoxy) is 1. The molecule has 3 heterocycles. The molecule has 0 amide bonds. The van der Waals surface area contributed by atoms with Gasteiger partial charge in [-0.15, -0.1) is 0 Å². The number of morpholine rings is 1. The Morgan fingerprint density at radius 2 is 2.16 bits per heavy atom. The number of hydrogen-bond donors (Lipinski definition) is 1. The SMILES string of the molecule is O=c1cc(CCC2CN(c3ccc(C(F)(F)F)cn3)CCO2)nc[nH]1. The van der Waals surface area contributed by atoms with E-state index in [2.05, 4.69) is 15.0 Å². The summed E-state index contributed by atoms with van der Waals surface area (Å²) in [6, 6.07) is 3.86. The molecule has 0 aromatic carbocycles. The van der Waals surface area contributed by atoms with E-state index in [1.165, 1.54) is 18.5 Å². The number of aromatic nitrogens is 3. The first kappa shape index (κ1) is 17.4. The molecule has 0 radical (unpaired) electrons. The third kappa shape index (κ3) is 4.56. The van der Waals surface area contributed by atoms with Crippen molar-refractivity contribution >= 4 is 5.82 Å². The zero-order valence-corrected chi connectivity index (χ0v) is 13.3. The average Bonchev–Trinajstić information content (AvgIpc) is 2.60. The molecule has 2 aromatic heterocycles. The van der Waals surface area contributed by atoms with Crippen molar-refractivity contribution in [3.8, 4) is 0 Å². The quantitative estimate of drug-likeness (QED) is 0.910. The van der Waals surface area contributed by atoms with Crippen LogP contribution in [0.25, 0.3) is 0 Å². The molecule has 1 N–H and O–H groups in total. The summed E-state index contributed by atoms with van der Waals surface area (Å²) in [5.41, 5.74) is -0.288. The van der Waals surface area contributed by atoms with Gasteiger partial charge in [0.1, 0.15) is 5.82 Å². The predicted molar refractivity (Wildman–Crippen MR) is 84.4 cm³/mol. The highest BCUT2D eigenvalue weighted by molar-refractivity contribution is 5.40. The van der Waals surface area contributed by atoms with Gasteiger partial charge in [0.2, 0.25) is 0 Å². The smallest absolute Gasteiger partial charge is 0.375 e. The van der Waals surface area contributed by atoms with Crippen molar-refractivity contribution in [2.24, 2.45) is 0 Å². The molecule has 0 spiro atoms. The first-order valence-corrected chi connectivity index (χ1v) is 7.85. The third-order valence-corrected chi connectivity index (χ3v) is 4.00. The molecule has 0 aliphatic carbocycles. The van der Waals surface area contributed by atoms with Crippen LogP contribution >= 0.6 is 0 Å². The fourth-order valence-corrected chi connectivity index (χ4v) is 2.70. The Bertz CT molecular complexity index is 761. The Kier molecular flexibility index (Phi) is 5.03. The van der Waals surface area contributed by atoms with E-state index in [-0.39, 0.29) is 11.7 Å². The lowest BCUT2D eigenvalue weighted by Gasteiger charge is -2.33. The number of nitrogens with one attached hydrogen (secondary N) is 1. The zero-order chi connectivity index (χ0) is 17.9. The second-order valence-corrected chi connectivity index (χ2v) is 5.78. The Labute approximate surface area is 141 Å². The number of anilines is 1. The van der Waals surface area contributed by atoms with Gasteiger partial charge in [-0.25, -0.2) is 9.97 Å². The van der Waals surface area contributed by atoms with Gasteiger partial charge >= 0.3 is 6.18 Å². The minimum atomic E-state index is -4.39. The number of rotatable bonds is 4. The van der Waals surface area contributed by atoms with E-state index >= 15 is 0 Å². The monoisotopic (exact) mass is 354 g/mol. The second kappa shape index (κ2) is 7.22. The van der Waals surface area contributed by atoms with Gasteiger partial charge in [0.05, 0.1) is 24.6 Å². The normalized spacial score (nSPS) is 18.4. The number of halogens is 3. The molecule has 3 rings (SSSR count). The summed E-state index contributed by atoms with van der Waals surface area (Å²) < 4.78 is 43.5. The van der Waals surface area contributed by atoms with Gasteiger partial charge in [-0.3, -0.25) is 4.79 Å². The van der Waals surface area contributed by atoms with Crippen LogP contribution in [0.4, 0.5) is 19.0 Å².